The average Bonchev–Trinajstić information content (AvgIpc) is 3.52. The summed E-state index contributed by atoms with van der Waals surface area (Å²) in [5, 5.41) is 2.63. The Morgan fingerprint density at radius 1 is 0.788 bits per heavy atom. The zero-order valence-electron chi connectivity index (χ0n) is 18.1. The van der Waals surface area contributed by atoms with E-state index in [1.165, 1.54) is 33.2 Å². The molecule has 0 saturated carbocycles. The van der Waals surface area contributed by atoms with Crippen LogP contribution in [-0.2, 0) is 29.7 Å². The van der Waals surface area contributed by atoms with Gasteiger partial charge in [-0.05, 0) is 0 Å². The Bertz CT molecular complexity index is 1330. The summed E-state index contributed by atoms with van der Waals surface area (Å²) in [5.41, 5.74) is 7.37. The summed E-state index contributed by atoms with van der Waals surface area (Å²) in [7, 11) is 0. The summed E-state index contributed by atoms with van der Waals surface area (Å²) in [4.78, 5) is 0. The van der Waals surface area contributed by atoms with Gasteiger partial charge in [-0.1, -0.05) is 0 Å². The molecule has 0 aliphatic heterocycles. The zero-order valence-corrected chi connectivity index (χ0v) is 22.1. The molecule has 3 aromatic carbocycles. The number of benzene rings is 3. The quantitative estimate of drug-likeness (QED) is 0.355. The fourth-order valence-corrected chi connectivity index (χ4v) is 9.05. The van der Waals surface area contributed by atoms with E-state index < -0.39 is 23.2 Å². The minimum absolute atomic E-state index is 0. The van der Waals surface area contributed by atoms with Gasteiger partial charge in [0.15, 0.2) is 0 Å². The fourth-order valence-electron chi connectivity index (χ4n) is 4.77. The van der Waals surface area contributed by atoms with Crippen molar-refractivity contribution in [3.05, 3.63) is 129 Å². The van der Waals surface area contributed by atoms with Gasteiger partial charge in [0.1, 0.15) is 0 Å². The van der Waals surface area contributed by atoms with Gasteiger partial charge in [0.2, 0.25) is 0 Å². The Balaban J connectivity index is 0.00000130. The molecule has 0 saturated heterocycles. The van der Waals surface area contributed by atoms with Gasteiger partial charge in [0.05, 0.1) is 0 Å². The number of aromatic nitrogens is 1. The van der Waals surface area contributed by atoms with Crippen LogP contribution in [0.1, 0.15) is 26.7 Å². The molecular weight excluding hydrogens is 524 g/mol. The smallest absolute Gasteiger partial charge is 1.00 e. The number of allylic oxidation sites excluding steroid dienone is 5. The van der Waals surface area contributed by atoms with Gasteiger partial charge in [-0.2, -0.15) is 0 Å². The van der Waals surface area contributed by atoms with Crippen LogP contribution in [-0.4, -0.2) is 4.57 Å². The first-order valence-electron chi connectivity index (χ1n) is 10.9. The molecule has 1 atom stereocenters. The monoisotopic (exact) mass is 545 g/mol. The molecule has 0 bridgehead atoms. The predicted molar refractivity (Wildman–Crippen MR) is 126 cm³/mol. The van der Waals surface area contributed by atoms with Crippen LogP contribution in [0.25, 0.3) is 22.5 Å². The summed E-state index contributed by atoms with van der Waals surface area (Å²) in [6.07, 6.45) is 14.0. The third kappa shape index (κ3) is 4.76. The van der Waals surface area contributed by atoms with Crippen LogP contribution in [0.4, 0.5) is 0 Å². The molecule has 2 aliphatic rings. The number of nitrogens with zero attached hydrogens (tertiary/aromatic N) is 1. The number of hydrogen-bond donors (Lipinski definition) is 0. The molecule has 33 heavy (non-hydrogen) atoms. The summed E-state index contributed by atoms with van der Waals surface area (Å²) < 4.78 is 4.70. The normalized spacial score (nSPS) is 16.1. The van der Waals surface area contributed by atoms with E-state index in [0.717, 1.165) is 12.8 Å². The number of fused-ring (bicyclic) bond motifs is 2. The second kappa shape index (κ2) is 10.4. The second-order valence-electron chi connectivity index (χ2n) is 8.34. The van der Waals surface area contributed by atoms with Crippen molar-refractivity contribution in [3.63, 3.8) is 0 Å². The van der Waals surface area contributed by atoms with Crippen LogP contribution in [0.3, 0.4) is 0 Å². The Morgan fingerprint density at radius 2 is 1.45 bits per heavy atom. The Labute approximate surface area is 219 Å². The van der Waals surface area contributed by atoms with Gasteiger partial charge in [0.25, 0.3) is 0 Å². The Morgan fingerprint density at radius 3 is 2.21 bits per heavy atom. The molecule has 0 N–H and O–H groups in total. The molecule has 4 aromatic rings. The molecule has 1 heterocycles. The van der Waals surface area contributed by atoms with Crippen LogP contribution < -0.4 is 24.8 Å². The van der Waals surface area contributed by atoms with Crippen molar-refractivity contribution in [2.24, 2.45) is 0 Å². The standard InChI is InChI=1S/C17H12N.C12H11.2ClH.Zr/c1-2-6-14-10-17(9-13(14)5-1)18-11-15-7-3-4-8-16(15)12-18;1-2-6-11(7-3-1)10-12-8-4-5-9-12;;;/h1-12H;1-4,6-8H,5,10H2;2*1H;/q;;;;+2/p-2. The summed E-state index contributed by atoms with van der Waals surface area (Å²) in [5.74, 6) is 0. The Kier molecular flexibility index (Phi) is 7.59. The van der Waals surface area contributed by atoms with Crippen molar-refractivity contribution in [2.45, 2.75) is 16.5 Å². The number of rotatable bonds is 5. The first-order valence-corrected chi connectivity index (χ1v) is 13.6. The van der Waals surface area contributed by atoms with E-state index in [4.69, 9.17) is 0 Å². The van der Waals surface area contributed by atoms with E-state index >= 15 is 0 Å². The van der Waals surface area contributed by atoms with Gasteiger partial charge in [-0.15, -0.1) is 0 Å². The van der Waals surface area contributed by atoms with E-state index in [-0.39, 0.29) is 24.8 Å². The van der Waals surface area contributed by atoms with Crippen LogP contribution in [0.15, 0.2) is 112 Å². The zero-order chi connectivity index (χ0) is 20.6. The van der Waals surface area contributed by atoms with Gasteiger partial charge < -0.3 is 24.8 Å². The van der Waals surface area contributed by atoms with Crippen LogP contribution >= 0.6 is 0 Å². The molecule has 1 unspecified atom stereocenters. The predicted octanol–water partition coefficient (Wildman–Crippen LogP) is 1.24. The van der Waals surface area contributed by atoms with Crippen molar-refractivity contribution in [2.75, 3.05) is 0 Å². The molecule has 4 heteroatoms. The van der Waals surface area contributed by atoms with E-state index in [2.05, 4.69) is 114 Å². The van der Waals surface area contributed by atoms with E-state index in [0.29, 0.717) is 3.63 Å². The van der Waals surface area contributed by atoms with Crippen molar-refractivity contribution in [1.29, 1.82) is 0 Å². The number of halogens is 2. The van der Waals surface area contributed by atoms with Crippen LogP contribution in [0.5, 0.6) is 0 Å². The third-order valence-electron chi connectivity index (χ3n) is 6.34. The molecule has 0 fully saturated rings. The first-order chi connectivity index (χ1) is 15.3. The van der Waals surface area contributed by atoms with E-state index in [1.807, 2.05) is 0 Å². The summed E-state index contributed by atoms with van der Waals surface area (Å²) >= 11 is -0.862. The van der Waals surface area contributed by atoms with Crippen LogP contribution in [0, 0.1) is 0 Å². The molecule has 0 spiro atoms. The maximum absolute atomic E-state index is 2.43. The van der Waals surface area contributed by atoms with Crippen molar-refractivity contribution in [3.8, 4) is 0 Å². The van der Waals surface area contributed by atoms with Crippen molar-refractivity contribution in [1.82, 2.24) is 4.57 Å². The molecule has 6 rings (SSSR count). The Hall–Kier alpha value is -2.12. The van der Waals surface area contributed by atoms with Gasteiger partial charge in [0, 0.05) is 0 Å². The maximum Gasteiger partial charge on any atom is -1.00 e. The molecular formula is C29H23Cl2NZr. The van der Waals surface area contributed by atoms with Gasteiger partial charge in [-0.3, -0.25) is 0 Å². The summed E-state index contributed by atoms with van der Waals surface area (Å²) in [6.45, 7) is 0. The molecule has 1 nitrogen and oxygen atoms in total. The van der Waals surface area contributed by atoms with E-state index in [1.54, 1.807) is 8.85 Å². The summed E-state index contributed by atoms with van der Waals surface area (Å²) in [6, 6.07) is 28.6. The molecule has 0 radical (unpaired) electrons. The molecule has 0 amide bonds. The minimum Gasteiger partial charge on any atom is -1.00 e. The van der Waals surface area contributed by atoms with Crippen molar-refractivity contribution < 1.29 is 48.0 Å². The largest absolute Gasteiger partial charge is 1.00 e. The van der Waals surface area contributed by atoms with Crippen LogP contribution in [0.2, 0.25) is 0 Å². The van der Waals surface area contributed by atoms with Gasteiger partial charge >= 0.3 is 196 Å². The molecule has 2 aliphatic carbocycles. The van der Waals surface area contributed by atoms with Gasteiger partial charge in [-0.25, -0.2) is 0 Å². The molecule has 1 aromatic heterocycles. The maximum atomic E-state index is 2.43. The number of hydrogen-bond acceptors (Lipinski definition) is 0. The van der Waals surface area contributed by atoms with E-state index in [9.17, 15) is 0 Å². The topological polar surface area (TPSA) is 4.93 Å². The fraction of sp³-hybridized carbons (Fsp3) is 0.103. The minimum atomic E-state index is -0.862. The average molecular weight is 548 g/mol. The first kappa shape index (κ1) is 24.0. The third-order valence-corrected chi connectivity index (χ3v) is 10.7. The second-order valence-corrected chi connectivity index (χ2v) is 12.0. The SMILES string of the molecule is C1=CC(Cc2ccccc2)=[C]([Zr+2][CH]2C(n3cc4ccccc4c3)=Cc3ccccc32)C1.[Cl-].[Cl-]. The van der Waals surface area contributed by atoms with Crippen molar-refractivity contribution >= 4 is 22.5 Å². The molecule has 162 valence electrons.